The molecule has 0 heterocycles. The molecule has 2 aromatic rings. The predicted octanol–water partition coefficient (Wildman–Crippen LogP) is 2.03. The van der Waals surface area contributed by atoms with Crippen molar-refractivity contribution in [2.24, 2.45) is 0 Å². The van der Waals surface area contributed by atoms with E-state index in [9.17, 15) is 13.2 Å². The third-order valence-corrected chi connectivity index (χ3v) is 2.42. The Bertz CT molecular complexity index is 488. The van der Waals surface area contributed by atoms with Crippen molar-refractivity contribution in [3.05, 3.63) is 53.8 Å². The van der Waals surface area contributed by atoms with Gasteiger partial charge in [0, 0.05) is 0 Å². The second-order valence-corrected chi connectivity index (χ2v) is 3.59. The van der Waals surface area contributed by atoms with Crippen molar-refractivity contribution in [1.82, 2.24) is 0 Å². The molecule has 0 saturated heterocycles. The zero-order valence-electron chi connectivity index (χ0n) is 8.60. The number of hydrogen-bond donors (Lipinski definition) is 0. The Labute approximate surface area is 92.1 Å². The molecule has 0 fully saturated rings. The molecule has 0 aromatic heterocycles. The minimum atomic E-state index is -0.932. The van der Waals surface area contributed by atoms with Crippen molar-refractivity contribution in [3.8, 4) is 11.1 Å². The van der Waals surface area contributed by atoms with Crippen molar-refractivity contribution in [2.45, 2.75) is 0 Å². The van der Waals surface area contributed by atoms with E-state index >= 15 is 0 Å². The first kappa shape index (κ1) is 10.8. The van der Waals surface area contributed by atoms with Crippen molar-refractivity contribution in [3.63, 3.8) is 0 Å². The molecule has 0 aliphatic carbocycles. The Morgan fingerprint density at radius 2 is 1.25 bits per heavy atom. The number of rotatable bonds is 1. The lowest BCUT2D eigenvalue weighted by Crippen LogP contribution is -2.07. The van der Waals surface area contributed by atoms with Gasteiger partial charge in [-0.2, -0.15) is 0 Å². The van der Waals surface area contributed by atoms with Crippen LogP contribution >= 0.6 is 0 Å². The van der Waals surface area contributed by atoms with Crippen LogP contribution in [0.5, 0.6) is 0 Å². The summed E-state index contributed by atoms with van der Waals surface area (Å²) in [5.41, 5.74) is 1.51. The normalized spacial score (nSPS) is 10.4. The molecule has 0 unspecified atom stereocenters. The molecule has 0 amide bonds. The van der Waals surface area contributed by atoms with E-state index in [4.69, 9.17) is 0 Å². The van der Waals surface area contributed by atoms with Gasteiger partial charge in [0.15, 0.2) is 11.6 Å². The van der Waals surface area contributed by atoms with Crippen LogP contribution in [0.2, 0.25) is 0 Å². The van der Waals surface area contributed by atoms with Crippen LogP contribution in [-0.4, -0.2) is 7.85 Å². The standard InChI is InChI=1S/C12H8BF3/c13-9-3-1-7(5-11(9)15)8-2-4-10(14)12(16)6-8/h1-6H,13H2. The van der Waals surface area contributed by atoms with Crippen LogP contribution in [0.25, 0.3) is 11.1 Å². The van der Waals surface area contributed by atoms with E-state index in [-0.39, 0.29) is 5.82 Å². The summed E-state index contributed by atoms with van der Waals surface area (Å²) in [4.78, 5) is 0. The van der Waals surface area contributed by atoms with Crippen molar-refractivity contribution in [2.75, 3.05) is 0 Å². The maximum absolute atomic E-state index is 13.3. The highest BCUT2D eigenvalue weighted by Gasteiger charge is 2.06. The lowest BCUT2D eigenvalue weighted by molar-refractivity contribution is 0.509. The lowest BCUT2D eigenvalue weighted by Gasteiger charge is -2.04. The molecule has 4 heteroatoms. The highest BCUT2D eigenvalue weighted by atomic mass is 19.2. The highest BCUT2D eigenvalue weighted by Crippen LogP contribution is 2.21. The van der Waals surface area contributed by atoms with Crippen LogP contribution < -0.4 is 5.46 Å². The first-order valence-corrected chi connectivity index (χ1v) is 4.79. The fourth-order valence-corrected chi connectivity index (χ4v) is 1.45. The van der Waals surface area contributed by atoms with Crippen LogP contribution in [0.3, 0.4) is 0 Å². The molecule has 0 radical (unpaired) electrons. The predicted molar refractivity (Wildman–Crippen MR) is 59.9 cm³/mol. The Kier molecular flexibility index (Phi) is 2.73. The third-order valence-electron chi connectivity index (χ3n) is 2.42. The summed E-state index contributed by atoms with van der Waals surface area (Å²) >= 11 is 0. The zero-order chi connectivity index (χ0) is 11.7. The van der Waals surface area contributed by atoms with Crippen LogP contribution in [0.15, 0.2) is 36.4 Å². The van der Waals surface area contributed by atoms with Crippen molar-refractivity contribution >= 4 is 13.3 Å². The second kappa shape index (κ2) is 4.04. The van der Waals surface area contributed by atoms with Gasteiger partial charge in [-0.25, -0.2) is 13.2 Å². The van der Waals surface area contributed by atoms with Gasteiger partial charge in [0.25, 0.3) is 0 Å². The largest absolute Gasteiger partial charge is 0.208 e. The van der Waals surface area contributed by atoms with E-state index in [1.165, 1.54) is 12.1 Å². The monoisotopic (exact) mass is 220 g/mol. The average molecular weight is 220 g/mol. The van der Waals surface area contributed by atoms with E-state index in [0.717, 1.165) is 12.1 Å². The molecular formula is C12H8BF3. The minimum absolute atomic E-state index is 0.359. The van der Waals surface area contributed by atoms with E-state index in [1.807, 2.05) is 0 Å². The Morgan fingerprint density at radius 1 is 0.688 bits per heavy atom. The summed E-state index contributed by atoms with van der Waals surface area (Å²) in [6, 6.07) is 8.09. The van der Waals surface area contributed by atoms with Gasteiger partial charge in [-0.1, -0.05) is 23.7 Å². The van der Waals surface area contributed by atoms with Crippen molar-refractivity contribution < 1.29 is 13.2 Å². The van der Waals surface area contributed by atoms with Gasteiger partial charge in [-0.05, 0) is 29.3 Å². The quantitative estimate of drug-likeness (QED) is 0.645. The molecule has 2 rings (SSSR count). The van der Waals surface area contributed by atoms with Gasteiger partial charge < -0.3 is 0 Å². The van der Waals surface area contributed by atoms with Gasteiger partial charge in [0.1, 0.15) is 13.7 Å². The number of halogens is 3. The fraction of sp³-hybridized carbons (Fsp3) is 0. The van der Waals surface area contributed by atoms with Crippen molar-refractivity contribution in [1.29, 1.82) is 0 Å². The summed E-state index contributed by atoms with van der Waals surface area (Å²) in [6.07, 6.45) is 0. The first-order chi connectivity index (χ1) is 7.58. The van der Waals surface area contributed by atoms with E-state index in [0.29, 0.717) is 16.6 Å². The SMILES string of the molecule is Bc1ccc(-c2ccc(F)c(F)c2)cc1F. The molecule has 16 heavy (non-hydrogen) atoms. The summed E-state index contributed by atoms with van der Waals surface area (Å²) in [5.74, 6) is -2.20. The van der Waals surface area contributed by atoms with Gasteiger partial charge in [0.05, 0.1) is 0 Å². The molecule has 0 N–H and O–H groups in total. The lowest BCUT2D eigenvalue weighted by atomic mass is 9.93. The van der Waals surface area contributed by atoms with E-state index in [2.05, 4.69) is 0 Å². The molecule has 0 aliphatic rings. The summed E-state index contributed by atoms with van der Waals surface area (Å²) < 4.78 is 39.0. The van der Waals surface area contributed by atoms with Gasteiger partial charge in [-0.15, -0.1) is 0 Å². The molecule has 0 nitrogen and oxygen atoms in total. The summed E-state index contributed by atoms with van der Waals surface area (Å²) in [7, 11) is 1.64. The topological polar surface area (TPSA) is 0 Å². The molecular weight excluding hydrogens is 212 g/mol. The molecule has 0 atom stereocenters. The maximum atomic E-state index is 13.3. The number of benzene rings is 2. The molecule has 0 saturated carbocycles. The Balaban J connectivity index is 2.50. The van der Waals surface area contributed by atoms with E-state index in [1.54, 1.807) is 20.0 Å². The van der Waals surface area contributed by atoms with Crippen LogP contribution in [0.4, 0.5) is 13.2 Å². The molecule has 2 aromatic carbocycles. The van der Waals surface area contributed by atoms with Gasteiger partial charge in [-0.3, -0.25) is 0 Å². The van der Waals surface area contributed by atoms with Crippen LogP contribution in [-0.2, 0) is 0 Å². The highest BCUT2D eigenvalue weighted by molar-refractivity contribution is 6.32. The van der Waals surface area contributed by atoms with Gasteiger partial charge in [0.2, 0.25) is 0 Å². The zero-order valence-corrected chi connectivity index (χ0v) is 8.60. The first-order valence-electron chi connectivity index (χ1n) is 4.79. The second-order valence-electron chi connectivity index (χ2n) is 3.59. The Morgan fingerprint density at radius 3 is 1.81 bits per heavy atom. The smallest absolute Gasteiger partial charge is 0.159 e. The molecule has 80 valence electrons. The Hall–Kier alpha value is -1.71. The third kappa shape index (κ3) is 1.96. The van der Waals surface area contributed by atoms with Crippen LogP contribution in [0.1, 0.15) is 0 Å². The molecule has 0 aliphatic heterocycles. The molecule has 0 spiro atoms. The number of hydrogen-bond acceptors (Lipinski definition) is 0. The van der Waals surface area contributed by atoms with E-state index < -0.39 is 11.6 Å². The van der Waals surface area contributed by atoms with Crippen LogP contribution in [0, 0.1) is 17.5 Å². The minimum Gasteiger partial charge on any atom is -0.208 e. The maximum Gasteiger partial charge on any atom is 0.159 e. The fourth-order valence-electron chi connectivity index (χ4n) is 1.45. The van der Waals surface area contributed by atoms with Gasteiger partial charge >= 0.3 is 0 Å². The summed E-state index contributed by atoms with van der Waals surface area (Å²) in [6.45, 7) is 0. The molecule has 0 bridgehead atoms. The summed E-state index contributed by atoms with van der Waals surface area (Å²) in [5, 5.41) is 0. The average Bonchev–Trinajstić information content (AvgIpc) is 2.26.